The van der Waals surface area contributed by atoms with Crippen LogP contribution in [-0.4, -0.2) is 10.8 Å². The van der Waals surface area contributed by atoms with Crippen LogP contribution >= 0.6 is 34.8 Å². The first-order valence-corrected chi connectivity index (χ1v) is 6.72. The van der Waals surface area contributed by atoms with Crippen molar-refractivity contribution < 1.29 is 9.72 Å². The minimum absolute atomic E-state index is 0.0980. The van der Waals surface area contributed by atoms with Gasteiger partial charge in [0.2, 0.25) is 0 Å². The number of halogens is 3. The van der Waals surface area contributed by atoms with Crippen LogP contribution in [0.3, 0.4) is 0 Å². The molecule has 8 heteroatoms. The molecule has 0 saturated carbocycles. The van der Waals surface area contributed by atoms with Gasteiger partial charge >= 0.3 is 0 Å². The highest BCUT2D eigenvalue weighted by molar-refractivity contribution is 6.44. The van der Waals surface area contributed by atoms with E-state index < -0.39 is 10.8 Å². The zero-order valence-corrected chi connectivity index (χ0v) is 12.5. The van der Waals surface area contributed by atoms with E-state index in [2.05, 4.69) is 5.32 Å². The third kappa shape index (κ3) is 3.64. The van der Waals surface area contributed by atoms with Crippen molar-refractivity contribution in [3.63, 3.8) is 0 Å². The molecule has 0 aromatic heterocycles. The highest BCUT2D eigenvalue weighted by atomic mass is 35.5. The Morgan fingerprint density at radius 2 is 1.57 bits per heavy atom. The van der Waals surface area contributed by atoms with Gasteiger partial charge in [0.15, 0.2) is 0 Å². The third-order valence-electron chi connectivity index (χ3n) is 2.60. The molecule has 2 aromatic rings. The maximum absolute atomic E-state index is 12.0. The van der Waals surface area contributed by atoms with Gasteiger partial charge in [0.1, 0.15) is 0 Å². The Kier molecular flexibility index (Phi) is 4.67. The summed E-state index contributed by atoms with van der Waals surface area (Å²) in [7, 11) is 0. The van der Waals surface area contributed by atoms with Crippen LogP contribution in [0, 0.1) is 10.1 Å². The fourth-order valence-corrected chi connectivity index (χ4v) is 2.14. The van der Waals surface area contributed by atoms with Crippen LogP contribution in [0.4, 0.5) is 11.4 Å². The van der Waals surface area contributed by atoms with E-state index in [1.54, 1.807) is 0 Å². The van der Waals surface area contributed by atoms with Crippen molar-refractivity contribution in [1.29, 1.82) is 0 Å². The number of carbonyl (C=O) groups is 1. The van der Waals surface area contributed by atoms with Gasteiger partial charge < -0.3 is 5.32 Å². The quantitative estimate of drug-likeness (QED) is 0.493. The Morgan fingerprint density at radius 3 is 2.14 bits per heavy atom. The molecule has 0 radical (unpaired) electrons. The molecule has 0 aliphatic heterocycles. The van der Waals surface area contributed by atoms with E-state index in [0.717, 1.165) is 0 Å². The first kappa shape index (κ1) is 15.6. The molecule has 0 aliphatic carbocycles. The van der Waals surface area contributed by atoms with Gasteiger partial charge in [-0.2, -0.15) is 0 Å². The second-order valence-corrected chi connectivity index (χ2v) is 5.23. The molecule has 21 heavy (non-hydrogen) atoms. The molecule has 2 rings (SSSR count). The van der Waals surface area contributed by atoms with Gasteiger partial charge in [0.05, 0.1) is 25.7 Å². The van der Waals surface area contributed by atoms with Gasteiger partial charge in [-0.15, -0.1) is 0 Å². The molecule has 1 amide bonds. The fourth-order valence-electron chi connectivity index (χ4n) is 1.55. The van der Waals surface area contributed by atoms with E-state index in [9.17, 15) is 14.9 Å². The second-order valence-electron chi connectivity index (χ2n) is 4.00. The molecule has 0 bridgehead atoms. The summed E-state index contributed by atoms with van der Waals surface area (Å²) in [4.78, 5) is 22.0. The Labute approximate surface area is 134 Å². The predicted molar refractivity (Wildman–Crippen MR) is 82.5 cm³/mol. The number of anilines is 1. The number of nitrogens with zero attached hydrogens (tertiary/aromatic N) is 1. The monoisotopic (exact) mass is 344 g/mol. The van der Waals surface area contributed by atoms with Crippen molar-refractivity contribution in [3.05, 3.63) is 67.1 Å². The minimum Gasteiger partial charge on any atom is -0.321 e. The van der Waals surface area contributed by atoms with Crippen LogP contribution in [0.15, 0.2) is 36.4 Å². The summed E-state index contributed by atoms with van der Waals surface area (Å²) < 4.78 is 0. The van der Waals surface area contributed by atoms with Crippen molar-refractivity contribution in [2.75, 3.05) is 5.32 Å². The Bertz CT molecular complexity index is 717. The van der Waals surface area contributed by atoms with E-state index in [1.807, 2.05) is 0 Å². The lowest BCUT2D eigenvalue weighted by Gasteiger charge is -2.08. The smallest absolute Gasteiger partial charge is 0.269 e. The van der Waals surface area contributed by atoms with Crippen LogP contribution in [0.5, 0.6) is 0 Å². The van der Waals surface area contributed by atoms with E-state index in [4.69, 9.17) is 34.8 Å². The van der Waals surface area contributed by atoms with Crippen LogP contribution < -0.4 is 5.32 Å². The maximum Gasteiger partial charge on any atom is 0.269 e. The van der Waals surface area contributed by atoms with Gasteiger partial charge in [0, 0.05) is 17.7 Å². The molecular weight excluding hydrogens is 339 g/mol. The highest BCUT2D eigenvalue weighted by Gasteiger charge is 2.12. The summed E-state index contributed by atoms with van der Waals surface area (Å²) in [6.07, 6.45) is 0. The Hall–Kier alpha value is -1.82. The molecule has 0 unspecified atom stereocenters. The lowest BCUT2D eigenvalue weighted by Crippen LogP contribution is -2.12. The standard InChI is InChI=1S/C13H7Cl3N2O3/c14-9-5-11(16)12(6-10(9)15)17-13(19)7-1-3-8(4-2-7)18(20)21/h1-6H,(H,17,19). The minimum atomic E-state index is -0.544. The van der Waals surface area contributed by atoms with Crippen molar-refractivity contribution in [2.24, 2.45) is 0 Å². The second kappa shape index (κ2) is 6.30. The summed E-state index contributed by atoms with van der Waals surface area (Å²) in [5, 5.41) is 13.9. The average molecular weight is 346 g/mol. The largest absolute Gasteiger partial charge is 0.321 e. The molecule has 108 valence electrons. The van der Waals surface area contributed by atoms with Gasteiger partial charge in [-0.25, -0.2) is 0 Å². The number of amides is 1. The van der Waals surface area contributed by atoms with Crippen LogP contribution in [0.1, 0.15) is 10.4 Å². The van der Waals surface area contributed by atoms with Crippen molar-refractivity contribution in [3.8, 4) is 0 Å². The predicted octanol–water partition coefficient (Wildman–Crippen LogP) is 4.81. The number of nitro groups is 1. The lowest BCUT2D eigenvalue weighted by atomic mass is 10.2. The van der Waals surface area contributed by atoms with E-state index in [1.165, 1.54) is 36.4 Å². The zero-order valence-electron chi connectivity index (χ0n) is 10.3. The van der Waals surface area contributed by atoms with E-state index >= 15 is 0 Å². The average Bonchev–Trinajstić information content (AvgIpc) is 2.44. The summed E-state index contributed by atoms with van der Waals surface area (Å²) in [6, 6.07) is 8.01. The van der Waals surface area contributed by atoms with Crippen molar-refractivity contribution >= 4 is 52.1 Å². The molecule has 1 N–H and O–H groups in total. The first-order valence-electron chi connectivity index (χ1n) is 5.59. The van der Waals surface area contributed by atoms with E-state index in [0.29, 0.717) is 5.69 Å². The number of carbonyl (C=O) groups excluding carboxylic acids is 1. The first-order chi connectivity index (χ1) is 9.88. The number of nitrogens with one attached hydrogen (secondary N) is 1. The van der Waals surface area contributed by atoms with Gasteiger partial charge in [-0.1, -0.05) is 34.8 Å². The number of hydrogen-bond donors (Lipinski definition) is 1. The van der Waals surface area contributed by atoms with Gasteiger partial charge in [0.25, 0.3) is 11.6 Å². The maximum atomic E-state index is 12.0. The van der Waals surface area contributed by atoms with Gasteiger partial charge in [-0.05, 0) is 24.3 Å². The van der Waals surface area contributed by atoms with Crippen molar-refractivity contribution in [2.45, 2.75) is 0 Å². The molecule has 0 heterocycles. The van der Waals surface area contributed by atoms with Crippen LogP contribution in [0.25, 0.3) is 0 Å². The lowest BCUT2D eigenvalue weighted by molar-refractivity contribution is -0.384. The number of nitro benzene ring substituents is 1. The Balaban J connectivity index is 2.22. The molecule has 0 saturated heterocycles. The fraction of sp³-hybridized carbons (Fsp3) is 0. The summed E-state index contributed by atoms with van der Waals surface area (Å²) in [5.74, 6) is -0.467. The summed E-state index contributed by atoms with van der Waals surface area (Å²) in [5.41, 5.74) is 0.455. The van der Waals surface area contributed by atoms with Gasteiger partial charge in [-0.3, -0.25) is 14.9 Å². The van der Waals surface area contributed by atoms with E-state index in [-0.39, 0.29) is 26.3 Å². The highest BCUT2D eigenvalue weighted by Crippen LogP contribution is 2.32. The SMILES string of the molecule is O=C(Nc1cc(Cl)c(Cl)cc1Cl)c1ccc([N+](=O)[O-])cc1. The topological polar surface area (TPSA) is 72.2 Å². The summed E-state index contributed by atoms with van der Waals surface area (Å²) in [6.45, 7) is 0. The summed E-state index contributed by atoms with van der Waals surface area (Å²) >= 11 is 17.6. The number of hydrogen-bond acceptors (Lipinski definition) is 3. The normalized spacial score (nSPS) is 10.2. The number of non-ortho nitro benzene ring substituents is 1. The number of benzene rings is 2. The zero-order chi connectivity index (χ0) is 15.6. The van der Waals surface area contributed by atoms with Crippen molar-refractivity contribution in [1.82, 2.24) is 0 Å². The molecule has 0 aliphatic rings. The third-order valence-corrected chi connectivity index (χ3v) is 3.63. The molecule has 0 spiro atoms. The van der Waals surface area contributed by atoms with Crippen LogP contribution in [-0.2, 0) is 0 Å². The molecular formula is C13H7Cl3N2O3. The molecule has 0 fully saturated rings. The molecule has 5 nitrogen and oxygen atoms in total. The Morgan fingerprint density at radius 1 is 1.00 bits per heavy atom. The van der Waals surface area contributed by atoms with Crippen LogP contribution in [0.2, 0.25) is 15.1 Å². The number of rotatable bonds is 3. The molecule has 0 atom stereocenters. The molecule has 2 aromatic carbocycles.